The highest BCUT2D eigenvalue weighted by Gasteiger charge is 2.36. The Morgan fingerprint density at radius 3 is 2.32 bits per heavy atom. The van der Waals surface area contributed by atoms with Crippen LogP contribution in [0.4, 0.5) is 23.2 Å². The monoisotopic (exact) mass is 580 g/mol. The van der Waals surface area contributed by atoms with Gasteiger partial charge in [-0.15, -0.1) is 0 Å². The molecule has 0 unspecified atom stereocenters. The van der Waals surface area contributed by atoms with Crippen LogP contribution in [0.1, 0.15) is 16.2 Å². The van der Waals surface area contributed by atoms with Crippen molar-refractivity contribution in [2.75, 3.05) is 11.6 Å². The second-order valence-electron chi connectivity index (χ2n) is 9.03. The summed E-state index contributed by atoms with van der Waals surface area (Å²) in [5, 5.41) is 5.92. The minimum Gasteiger partial charge on any atom is -0.318 e. The maximum absolute atomic E-state index is 15.1. The first-order valence-electron chi connectivity index (χ1n) is 12.0. The smallest absolute Gasteiger partial charge is 0.318 e. The van der Waals surface area contributed by atoms with Gasteiger partial charge < -0.3 is 5.32 Å². The lowest BCUT2D eigenvalue weighted by Gasteiger charge is -2.12. The number of pyridine rings is 1. The zero-order valence-corrected chi connectivity index (χ0v) is 22.0. The lowest BCUT2D eigenvalue weighted by Crippen LogP contribution is -2.17. The summed E-state index contributed by atoms with van der Waals surface area (Å²) >= 11 is 0. The van der Waals surface area contributed by atoms with Crippen molar-refractivity contribution >= 4 is 21.4 Å². The van der Waals surface area contributed by atoms with E-state index < -0.39 is 39.1 Å². The van der Waals surface area contributed by atoms with Crippen molar-refractivity contribution in [2.45, 2.75) is 11.1 Å². The summed E-state index contributed by atoms with van der Waals surface area (Å²) in [4.78, 5) is 17.2. The molecule has 2 aromatic heterocycles. The number of hydrogen-bond acceptors (Lipinski definition) is 5. The number of carbonyl (C=O) groups is 1. The molecule has 5 rings (SSSR count). The van der Waals surface area contributed by atoms with Crippen LogP contribution in [-0.2, 0) is 16.0 Å². The third kappa shape index (κ3) is 5.87. The van der Waals surface area contributed by atoms with Crippen molar-refractivity contribution in [2.24, 2.45) is 0 Å². The Morgan fingerprint density at radius 2 is 1.63 bits per heavy atom. The molecule has 0 saturated heterocycles. The first-order chi connectivity index (χ1) is 19.4. The average Bonchev–Trinajstić information content (AvgIpc) is 3.41. The number of hydrogen-bond donors (Lipinski definition) is 1. The summed E-state index contributed by atoms with van der Waals surface area (Å²) in [6.45, 7) is 0. The molecule has 0 aliphatic rings. The Morgan fingerprint density at radius 1 is 0.878 bits per heavy atom. The second kappa shape index (κ2) is 10.6. The van der Waals surface area contributed by atoms with E-state index in [-0.39, 0.29) is 27.4 Å². The number of sulfone groups is 1. The molecule has 0 aliphatic carbocycles. The molecule has 5 aromatic rings. The van der Waals surface area contributed by atoms with E-state index in [4.69, 9.17) is 0 Å². The van der Waals surface area contributed by atoms with Crippen molar-refractivity contribution in [3.8, 4) is 27.9 Å². The minimum absolute atomic E-state index is 0.00622. The highest BCUT2D eigenvalue weighted by molar-refractivity contribution is 7.90. The largest absolute Gasteiger partial charge is 0.435 e. The van der Waals surface area contributed by atoms with Crippen LogP contribution in [0.15, 0.2) is 102 Å². The van der Waals surface area contributed by atoms with Crippen LogP contribution in [0.5, 0.6) is 0 Å². The van der Waals surface area contributed by atoms with Gasteiger partial charge >= 0.3 is 6.18 Å². The van der Waals surface area contributed by atoms with Gasteiger partial charge in [0, 0.05) is 35.8 Å². The van der Waals surface area contributed by atoms with Gasteiger partial charge in [-0.3, -0.25) is 9.78 Å². The molecular formula is C29H20F4N4O3S. The lowest BCUT2D eigenvalue weighted by molar-refractivity contribution is -0.141. The minimum atomic E-state index is -4.85. The second-order valence-corrected chi connectivity index (χ2v) is 11.0. The van der Waals surface area contributed by atoms with Crippen molar-refractivity contribution < 1.29 is 30.8 Å². The van der Waals surface area contributed by atoms with Gasteiger partial charge in [-0.05, 0) is 47.5 Å². The van der Waals surface area contributed by atoms with Gasteiger partial charge in [0.2, 0.25) is 0 Å². The number of halogens is 4. The summed E-state index contributed by atoms with van der Waals surface area (Å²) in [6.07, 6.45) is -0.657. The molecule has 3 aromatic carbocycles. The van der Waals surface area contributed by atoms with Crippen LogP contribution >= 0.6 is 0 Å². The summed E-state index contributed by atoms with van der Waals surface area (Å²) < 4.78 is 81.1. The van der Waals surface area contributed by atoms with Crippen molar-refractivity contribution in [1.82, 2.24) is 14.8 Å². The van der Waals surface area contributed by atoms with Crippen LogP contribution in [0.2, 0.25) is 0 Å². The maximum Gasteiger partial charge on any atom is 0.435 e. The molecule has 7 nitrogen and oxygen atoms in total. The molecule has 0 spiro atoms. The third-order valence-electron chi connectivity index (χ3n) is 6.13. The molecule has 0 bridgehead atoms. The summed E-state index contributed by atoms with van der Waals surface area (Å²) in [7, 11) is -3.62. The topological polar surface area (TPSA) is 94.0 Å². The third-order valence-corrected chi connectivity index (χ3v) is 7.29. The SMILES string of the molecule is CS(=O)(=O)c1ccccc1-c1ccc(NC(=O)c2cc(C(F)(F)F)nn2-c2cccc(-c3cccnc3)c2)c(F)c1. The number of amides is 1. The van der Waals surface area contributed by atoms with Crippen LogP contribution < -0.4 is 5.32 Å². The number of alkyl halides is 3. The standard InChI is InChI=1S/C29H20F4N4O3S/c1-41(39,40)26-10-3-2-9-22(26)19-11-12-24(23(30)15-19)35-28(38)25-16-27(29(31,32)33)36-37(25)21-8-4-6-18(14-21)20-7-5-13-34-17-20/h2-17H,1H3,(H,35,38). The van der Waals surface area contributed by atoms with Gasteiger partial charge in [-0.1, -0.05) is 42.5 Å². The van der Waals surface area contributed by atoms with E-state index in [0.29, 0.717) is 17.2 Å². The molecule has 2 heterocycles. The number of rotatable bonds is 6. The van der Waals surface area contributed by atoms with E-state index in [9.17, 15) is 26.4 Å². The molecule has 0 saturated carbocycles. The quantitative estimate of drug-likeness (QED) is 0.234. The highest BCUT2D eigenvalue weighted by atomic mass is 32.2. The van der Waals surface area contributed by atoms with Gasteiger partial charge in [0.25, 0.3) is 5.91 Å². The van der Waals surface area contributed by atoms with Crippen LogP contribution in [0.3, 0.4) is 0 Å². The summed E-state index contributed by atoms with van der Waals surface area (Å²) in [5.41, 5.74) is -0.119. The fourth-order valence-electron chi connectivity index (χ4n) is 4.23. The number of aromatic nitrogens is 3. The van der Waals surface area contributed by atoms with Crippen molar-refractivity contribution in [3.63, 3.8) is 0 Å². The lowest BCUT2D eigenvalue weighted by atomic mass is 10.0. The van der Waals surface area contributed by atoms with Gasteiger partial charge in [-0.2, -0.15) is 18.3 Å². The Bertz CT molecular complexity index is 1870. The molecule has 12 heteroatoms. The Labute approximate surface area is 232 Å². The number of nitrogens with one attached hydrogen (secondary N) is 1. The molecule has 0 fully saturated rings. The first kappa shape index (κ1) is 27.7. The van der Waals surface area contributed by atoms with E-state index in [0.717, 1.165) is 17.0 Å². The predicted octanol–water partition coefficient (Wildman–Crippen LogP) is 6.42. The fraction of sp³-hybridized carbons (Fsp3) is 0.0690. The van der Waals surface area contributed by atoms with Gasteiger partial charge in [0.1, 0.15) is 11.5 Å². The number of anilines is 1. The van der Waals surface area contributed by atoms with E-state index in [1.54, 1.807) is 48.8 Å². The molecule has 0 aliphatic heterocycles. The highest BCUT2D eigenvalue weighted by Crippen LogP contribution is 2.32. The van der Waals surface area contributed by atoms with E-state index in [1.807, 2.05) is 0 Å². The molecule has 1 N–H and O–H groups in total. The van der Waals surface area contributed by atoms with Gasteiger partial charge in [-0.25, -0.2) is 17.5 Å². The number of carbonyl (C=O) groups excluding carboxylic acids is 1. The zero-order valence-electron chi connectivity index (χ0n) is 21.2. The molecule has 0 radical (unpaired) electrons. The van der Waals surface area contributed by atoms with Gasteiger partial charge in [0.15, 0.2) is 15.5 Å². The number of nitrogens with zero attached hydrogens (tertiary/aromatic N) is 3. The Hall–Kier alpha value is -4.84. The van der Waals surface area contributed by atoms with Crippen molar-refractivity contribution in [3.05, 3.63) is 115 Å². The number of benzene rings is 3. The fourth-order valence-corrected chi connectivity index (χ4v) is 5.14. The predicted molar refractivity (Wildman–Crippen MR) is 145 cm³/mol. The van der Waals surface area contributed by atoms with Gasteiger partial charge in [0.05, 0.1) is 16.3 Å². The molecule has 0 atom stereocenters. The first-order valence-corrected chi connectivity index (χ1v) is 13.9. The summed E-state index contributed by atoms with van der Waals surface area (Å²) in [5.74, 6) is -1.96. The van der Waals surface area contributed by atoms with Crippen molar-refractivity contribution in [1.29, 1.82) is 0 Å². The van der Waals surface area contributed by atoms with Crippen LogP contribution in [0, 0.1) is 5.82 Å². The Kier molecular flexibility index (Phi) is 7.18. The Balaban J connectivity index is 1.51. The molecular weight excluding hydrogens is 560 g/mol. The van der Waals surface area contributed by atoms with E-state index in [2.05, 4.69) is 15.4 Å². The maximum atomic E-state index is 15.1. The zero-order chi connectivity index (χ0) is 29.4. The van der Waals surface area contributed by atoms with E-state index >= 15 is 4.39 Å². The average molecular weight is 581 g/mol. The summed E-state index contributed by atoms with van der Waals surface area (Å²) in [6, 6.07) is 20.1. The normalized spacial score (nSPS) is 11.8. The molecule has 41 heavy (non-hydrogen) atoms. The van der Waals surface area contributed by atoms with Crippen LogP contribution in [-0.4, -0.2) is 35.3 Å². The molecule has 208 valence electrons. The van der Waals surface area contributed by atoms with E-state index in [1.165, 1.54) is 36.4 Å². The molecule has 1 amide bonds. The van der Waals surface area contributed by atoms with Crippen LogP contribution in [0.25, 0.3) is 27.9 Å².